The molecule has 3 aromatic heterocycles. The molecular weight excluding hydrogens is 526 g/mol. The van der Waals surface area contributed by atoms with E-state index in [1.165, 1.54) is 5.56 Å². The number of carbonyl (C=O) groups excluding carboxylic acids is 2. The minimum Gasteiger partial charge on any atom is -0.475 e. The summed E-state index contributed by atoms with van der Waals surface area (Å²) in [6.07, 6.45) is 4.58. The molecule has 0 saturated carbocycles. The van der Waals surface area contributed by atoms with Crippen LogP contribution in [-0.2, 0) is 9.53 Å². The highest BCUT2D eigenvalue weighted by Gasteiger charge is 2.24. The summed E-state index contributed by atoms with van der Waals surface area (Å²) in [6, 6.07) is 7.53. The highest BCUT2D eigenvalue weighted by molar-refractivity contribution is 6.05. The number of anilines is 2. The Bertz CT molecular complexity index is 1200. The number of furan rings is 1. The van der Waals surface area contributed by atoms with Crippen LogP contribution in [0.5, 0.6) is 5.88 Å². The largest absolute Gasteiger partial charge is 0.475 e. The molecule has 1 amide bonds. The standard InChI is InChI=1S/C23H35N3O6.C7H10N2/c1-5-17(8-7-16(3)26(6-2)11-12-27)23(29)25-22-19(15-28)32-18-9-10-20(24-21(18)22)31-14-13-30-4;1-6-3-4-7(8-2)9-5-6/h9-10,15-17,27H,5-8,11-14H2,1-4H3,(H,25,29);3-5H,1-2H3,(H,8,9)/t16?,17-;/m1./s1. The quantitative estimate of drug-likeness (QED) is 0.166. The second-order valence-corrected chi connectivity index (χ2v) is 9.64. The van der Waals surface area contributed by atoms with E-state index in [2.05, 4.69) is 39.3 Å². The molecule has 11 nitrogen and oxygen atoms in total. The topological polar surface area (TPSA) is 139 Å². The van der Waals surface area contributed by atoms with Gasteiger partial charge in [0, 0.05) is 44.9 Å². The summed E-state index contributed by atoms with van der Waals surface area (Å²) in [4.78, 5) is 35.3. The van der Waals surface area contributed by atoms with Gasteiger partial charge in [-0.15, -0.1) is 0 Å². The SMILES string of the molecule is CC[C@H](CCC(C)N(CC)CCO)C(=O)Nc1c(C=O)oc2ccc(OCCOC)nc12.CNc1ccc(C)cn1. The fourth-order valence-corrected chi connectivity index (χ4v) is 4.30. The normalized spacial score (nSPS) is 12.4. The fourth-order valence-electron chi connectivity index (χ4n) is 4.30. The molecule has 3 aromatic rings. The minimum atomic E-state index is -0.226. The van der Waals surface area contributed by atoms with Crippen LogP contribution in [0.25, 0.3) is 11.1 Å². The van der Waals surface area contributed by atoms with Crippen molar-refractivity contribution in [2.45, 2.75) is 53.0 Å². The van der Waals surface area contributed by atoms with Gasteiger partial charge >= 0.3 is 0 Å². The number of nitrogens with one attached hydrogen (secondary N) is 2. The number of nitrogens with zero attached hydrogens (tertiary/aromatic N) is 3. The summed E-state index contributed by atoms with van der Waals surface area (Å²) >= 11 is 0. The van der Waals surface area contributed by atoms with E-state index >= 15 is 0 Å². The van der Waals surface area contributed by atoms with Gasteiger partial charge in [-0.25, -0.2) is 9.97 Å². The van der Waals surface area contributed by atoms with Gasteiger partial charge in [0.05, 0.1) is 13.2 Å². The van der Waals surface area contributed by atoms with Crippen LogP contribution in [0.1, 0.15) is 56.2 Å². The van der Waals surface area contributed by atoms with Crippen molar-refractivity contribution in [1.82, 2.24) is 14.9 Å². The van der Waals surface area contributed by atoms with Gasteiger partial charge < -0.3 is 29.6 Å². The van der Waals surface area contributed by atoms with Crippen molar-refractivity contribution in [3.63, 3.8) is 0 Å². The Labute approximate surface area is 242 Å². The molecule has 2 atom stereocenters. The number of amides is 1. The van der Waals surface area contributed by atoms with Gasteiger partial charge in [0.1, 0.15) is 23.6 Å². The lowest BCUT2D eigenvalue weighted by Crippen LogP contribution is -2.36. The van der Waals surface area contributed by atoms with Crippen LogP contribution in [0.4, 0.5) is 11.5 Å². The maximum atomic E-state index is 13.0. The zero-order chi connectivity index (χ0) is 30.2. The number of aliphatic hydroxyl groups excluding tert-OH is 1. The average Bonchev–Trinajstić information content (AvgIpc) is 3.33. The number of aliphatic hydroxyl groups is 1. The van der Waals surface area contributed by atoms with E-state index in [-0.39, 0.29) is 35.9 Å². The van der Waals surface area contributed by atoms with Crippen molar-refractivity contribution < 1.29 is 28.6 Å². The summed E-state index contributed by atoms with van der Waals surface area (Å²) in [5, 5.41) is 15.0. The smallest absolute Gasteiger partial charge is 0.227 e. The Hall–Kier alpha value is -3.54. The number of methoxy groups -OCH3 is 1. The number of hydrogen-bond acceptors (Lipinski definition) is 10. The third kappa shape index (κ3) is 10.4. The van der Waals surface area contributed by atoms with Gasteiger partial charge in [0.25, 0.3) is 0 Å². The van der Waals surface area contributed by atoms with Gasteiger partial charge in [-0.05, 0) is 57.4 Å². The zero-order valence-corrected chi connectivity index (χ0v) is 25.1. The van der Waals surface area contributed by atoms with E-state index in [9.17, 15) is 14.7 Å². The van der Waals surface area contributed by atoms with Crippen LogP contribution >= 0.6 is 0 Å². The van der Waals surface area contributed by atoms with Gasteiger partial charge in [-0.2, -0.15) is 0 Å². The van der Waals surface area contributed by atoms with Crippen LogP contribution in [0.15, 0.2) is 34.9 Å². The molecule has 0 bridgehead atoms. The number of hydrogen-bond donors (Lipinski definition) is 3. The molecule has 0 aliphatic carbocycles. The molecule has 0 spiro atoms. The minimum absolute atomic E-state index is 0.0261. The molecule has 1 unspecified atom stereocenters. The second kappa shape index (κ2) is 18.0. The highest BCUT2D eigenvalue weighted by atomic mass is 16.5. The lowest BCUT2D eigenvalue weighted by atomic mass is 9.96. The van der Waals surface area contributed by atoms with E-state index in [1.54, 1.807) is 19.2 Å². The van der Waals surface area contributed by atoms with E-state index in [0.29, 0.717) is 55.9 Å². The number of aromatic nitrogens is 2. The van der Waals surface area contributed by atoms with Crippen molar-refractivity contribution in [2.75, 3.05) is 57.7 Å². The maximum absolute atomic E-state index is 13.0. The fraction of sp³-hybridized carbons (Fsp3) is 0.533. The second-order valence-electron chi connectivity index (χ2n) is 9.64. The first-order valence-corrected chi connectivity index (χ1v) is 14.1. The average molecular weight is 572 g/mol. The lowest BCUT2D eigenvalue weighted by molar-refractivity contribution is -0.120. The molecular formula is C30H45N5O6. The van der Waals surface area contributed by atoms with Gasteiger partial charge in [-0.1, -0.05) is 19.9 Å². The third-order valence-electron chi connectivity index (χ3n) is 6.81. The van der Waals surface area contributed by atoms with Crippen LogP contribution in [0.2, 0.25) is 0 Å². The molecule has 0 fully saturated rings. The van der Waals surface area contributed by atoms with Crippen molar-refractivity contribution in [1.29, 1.82) is 0 Å². The summed E-state index contributed by atoms with van der Waals surface area (Å²) in [7, 11) is 3.44. The first kappa shape index (κ1) is 33.7. The first-order chi connectivity index (χ1) is 19.8. The van der Waals surface area contributed by atoms with Crippen molar-refractivity contribution in [2.24, 2.45) is 5.92 Å². The van der Waals surface area contributed by atoms with Crippen molar-refractivity contribution in [3.05, 3.63) is 41.8 Å². The summed E-state index contributed by atoms with van der Waals surface area (Å²) < 4.78 is 16.1. The van der Waals surface area contributed by atoms with Gasteiger partial charge in [0.2, 0.25) is 11.8 Å². The third-order valence-corrected chi connectivity index (χ3v) is 6.81. The molecule has 0 aliphatic rings. The van der Waals surface area contributed by atoms with Crippen molar-refractivity contribution >= 4 is 34.8 Å². The molecule has 11 heteroatoms. The lowest BCUT2D eigenvalue weighted by Gasteiger charge is -2.28. The monoisotopic (exact) mass is 571 g/mol. The molecule has 0 aliphatic heterocycles. The molecule has 0 radical (unpaired) electrons. The number of ether oxygens (including phenoxy) is 2. The highest BCUT2D eigenvalue weighted by Crippen LogP contribution is 2.31. The Kier molecular flexibility index (Phi) is 14.8. The number of pyridine rings is 2. The number of likely N-dealkylation sites (N-methyl/N-ethyl adjacent to an activating group) is 1. The molecule has 3 rings (SSSR count). The molecule has 41 heavy (non-hydrogen) atoms. The number of aldehydes is 1. The predicted molar refractivity (Wildman–Crippen MR) is 161 cm³/mol. The molecule has 3 heterocycles. The number of carbonyl (C=O) groups is 2. The molecule has 0 saturated heterocycles. The van der Waals surface area contributed by atoms with Crippen LogP contribution in [-0.4, -0.2) is 85.3 Å². The maximum Gasteiger partial charge on any atom is 0.227 e. The number of aryl methyl sites for hydroxylation is 1. The molecule has 3 N–H and O–H groups in total. The van der Waals surface area contributed by atoms with E-state index in [1.807, 2.05) is 39.2 Å². The Morgan fingerprint density at radius 3 is 2.56 bits per heavy atom. The van der Waals surface area contributed by atoms with Crippen LogP contribution < -0.4 is 15.4 Å². The summed E-state index contributed by atoms with van der Waals surface area (Å²) in [5.41, 5.74) is 2.22. The number of fused-ring (bicyclic) bond motifs is 1. The Morgan fingerprint density at radius 2 is 1.98 bits per heavy atom. The summed E-state index contributed by atoms with van der Waals surface area (Å²) in [5.74, 6) is 0.894. The number of rotatable bonds is 16. The molecule has 226 valence electrons. The predicted octanol–water partition coefficient (Wildman–Crippen LogP) is 4.54. The van der Waals surface area contributed by atoms with Crippen LogP contribution in [0, 0.1) is 12.8 Å². The zero-order valence-electron chi connectivity index (χ0n) is 25.1. The van der Waals surface area contributed by atoms with Gasteiger partial charge in [-0.3, -0.25) is 14.5 Å². The van der Waals surface area contributed by atoms with Gasteiger partial charge in [0.15, 0.2) is 17.6 Å². The Morgan fingerprint density at radius 1 is 1.20 bits per heavy atom. The van der Waals surface area contributed by atoms with E-state index in [0.717, 1.165) is 18.8 Å². The summed E-state index contributed by atoms with van der Waals surface area (Å²) in [6.45, 7) is 10.5. The first-order valence-electron chi connectivity index (χ1n) is 14.1. The van der Waals surface area contributed by atoms with Crippen LogP contribution in [0.3, 0.4) is 0 Å². The van der Waals surface area contributed by atoms with E-state index in [4.69, 9.17) is 13.9 Å². The molecule has 0 aromatic carbocycles. The van der Waals surface area contributed by atoms with Crippen molar-refractivity contribution in [3.8, 4) is 5.88 Å². The Balaban J connectivity index is 0.000000553. The van der Waals surface area contributed by atoms with E-state index < -0.39 is 0 Å².